The second kappa shape index (κ2) is 7.52. The second-order valence-electron chi connectivity index (χ2n) is 5.64. The number of carbonyl (C=O) groups excluding carboxylic acids is 1. The smallest absolute Gasteiger partial charge is 0.343 e. The number of nitrogens with zero attached hydrogens (tertiary/aromatic N) is 4. The van der Waals surface area contributed by atoms with E-state index < -0.39 is 5.97 Å². The Morgan fingerprint density at radius 2 is 1.65 bits per heavy atom. The van der Waals surface area contributed by atoms with Gasteiger partial charge >= 0.3 is 5.97 Å². The van der Waals surface area contributed by atoms with Crippen molar-refractivity contribution in [1.82, 2.24) is 9.97 Å². The summed E-state index contributed by atoms with van der Waals surface area (Å²) in [5.41, 5.74) is 2.91. The van der Waals surface area contributed by atoms with E-state index in [0.717, 1.165) is 11.1 Å². The number of hydrogen-bond donors (Lipinski definition) is 1. The number of hydrogen-bond acceptors (Lipinski definition) is 7. The van der Waals surface area contributed by atoms with Crippen molar-refractivity contribution in [2.24, 2.45) is 10.2 Å². The second-order valence-corrected chi connectivity index (χ2v) is 5.64. The van der Waals surface area contributed by atoms with Gasteiger partial charge in [0.05, 0.1) is 29.3 Å². The van der Waals surface area contributed by atoms with Crippen LogP contribution < -0.4 is 4.74 Å². The minimum Gasteiger partial charge on any atom is -0.507 e. The van der Waals surface area contributed by atoms with Crippen molar-refractivity contribution in [3.63, 3.8) is 0 Å². The predicted molar refractivity (Wildman–Crippen MR) is 95.2 cm³/mol. The lowest BCUT2D eigenvalue weighted by molar-refractivity contribution is 0.0733. The fourth-order valence-corrected chi connectivity index (χ4v) is 2.31. The SMILES string of the molecule is Cc1cc(/N=N/c2cccc(C(=O)Oc3cncnc3)c2)cc(C)c1O. The zero-order valence-corrected chi connectivity index (χ0v) is 14.2. The first kappa shape index (κ1) is 17.2. The van der Waals surface area contributed by atoms with Crippen LogP contribution in [0.4, 0.5) is 11.4 Å². The van der Waals surface area contributed by atoms with Crippen LogP contribution in [-0.4, -0.2) is 21.0 Å². The average molecular weight is 348 g/mol. The van der Waals surface area contributed by atoms with E-state index in [9.17, 15) is 9.90 Å². The predicted octanol–water partition coefficient (Wildman–Crippen LogP) is 4.43. The molecular weight excluding hydrogens is 332 g/mol. The van der Waals surface area contributed by atoms with Crippen LogP contribution in [0.2, 0.25) is 0 Å². The molecule has 0 saturated carbocycles. The van der Waals surface area contributed by atoms with Gasteiger partial charge in [-0.3, -0.25) is 0 Å². The molecule has 0 spiro atoms. The van der Waals surface area contributed by atoms with Gasteiger partial charge in [0.25, 0.3) is 0 Å². The molecule has 0 aliphatic rings. The van der Waals surface area contributed by atoms with Crippen molar-refractivity contribution < 1.29 is 14.6 Å². The Morgan fingerprint density at radius 3 is 2.35 bits per heavy atom. The number of benzene rings is 2. The van der Waals surface area contributed by atoms with E-state index in [2.05, 4.69) is 20.2 Å². The standard InChI is InChI=1S/C19H16N4O3/c1-12-6-16(7-13(2)18(12)24)23-22-15-5-3-4-14(8-15)19(25)26-17-9-20-11-21-10-17/h3-11,24H,1-2H3/b23-22+. The summed E-state index contributed by atoms with van der Waals surface area (Å²) in [7, 11) is 0. The highest BCUT2D eigenvalue weighted by molar-refractivity contribution is 5.91. The molecule has 7 heteroatoms. The Labute approximate surface area is 150 Å². The molecule has 0 unspecified atom stereocenters. The molecule has 0 aliphatic carbocycles. The van der Waals surface area contributed by atoms with Crippen molar-refractivity contribution in [3.05, 3.63) is 71.8 Å². The number of ether oxygens (including phenoxy) is 1. The van der Waals surface area contributed by atoms with Gasteiger partial charge in [-0.2, -0.15) is 10.2 Å². The molecule has 3 aromatic rings. The van der Waals surface area contributed by atoms with Crippen LogP contribution in [0.5, 0.6) is 11.5 Å². The molecule has 1 N–H and O–H groups in total. The monoisotopic (exact) mass is 348 g/mol. The van der Waals surface area contributed by atoms with Crippen molar-refractivity contribution >= 4 is 17.3 Å². The maximum Gasteiger partial charge on any atom is 0.343 e. The number of aromatic nitrogens is 2. The first-order valence-corrected chi connectivity index (χ1v) is 7.82. The third-order valence-corrected chi connectivity index (χ3v) is 3.59. The lowest BCUT2D eigenvalue weighted by atomic mass is 10.1. The topological polar surface area (TPSA) is 97.0 Å². The lowest BCUT2D eigenvalue weighted by Crippen LogP contribution is -2.08. The summed E-state index contributed by atoms with van der Waals surface area (Å²) in [4.78, 5) is 19.8. The van der Waals surface area contributed by atoms with Crippen LogP contribution in [0.15, 0.2) is 65.3 Å². The van der Waals surface area contributed by atoms with Crippen LogP contribution in [0.1, 0.15) is 21.5 Å². The molecule has 0 saturated heterocycles. The largest absolute Gasteiger partial charge is 0.507 e. The number of esters is 1. The molecule has 0 fully saturated rings. The van der Waals surface area contributed by atoms with Gasteiger partial charge < -0.3 is 9.84 Å². The first-order chi connectivity index (χ1) is 12.5. The summed E-state index contributed by atoms with van der Waals surface area (Å²) in [5, 5.41) is 18.1. The van der Waals surface area contributed by atoms with E-state index in [1.807, 2.05) is 0 Å². The van der Waals surface area contributed by atoms with Crippen molar-refractivity contribution in [3.8, 4) is 11.5 Å². The van der Waals surface area contributed by atoms with Crippen LogP contribution in [-0.2, 0) is 0 Å². The Balaban J connectivity index is 1.78. The van der Waals surface area contributed by atoms with Crippen LogP contribution in [0.25, 0.3) is 0 Å². The summed E-state index contributed by atoms with van der Waals surface area (Å²) in [5.74, 6) is -0.0219. The minimum atomic E-state index is -0.534. The van der Waals surface area contributed by atoms with Gasteiger partial charge in [0, 0.05) is 0 Å². The van der Waals surface area contributed by atoms with E-state index >= 15 is 0 Å². The van der Waals surface area contributed by atoms with Gasteiger partial charge in [0.15, 0.2) is 5.75 Å². The minimum absolute atomic E-state index is 0.249. The van der Waals surface area contributed by atoms with E-state index in [-0.39, 0.29) is 11.5 Å². The van der Waals surface area contributed by atoms with Gasteiger partial charge in [0.2, 0.25) is 0 Å². The molecule has 130 valence electrons. The Kier molecular flexibility index (Phi) is 4.98. The number of phenolic OH excluding ortho intramolecular Hbond substituents is 1. The molecule has 3 rings (SSSR count). The molecule has 0 bridgehead atoms. The third-order valence-electron chi connectivity index (χ3n) is 3.59. The molecule has 1 aromatic heterocycles. The molecule has 2 aromatic carbocycles. The van der Waals surface area contributed by atoms with Crippen LogP contribution in [0, 0.1) is 13.8 Å². The van der Waals surface area contributed by atoms with Crippen LogP contribution >= 0.6 is 0 Å². The number of aromatic hydroxyl groups is 1. The normalized spacial score (nSPS) is 10.8. The average Bonchev–Trinajstić information content (AvgIpc) is 2.65. The number of phenols is 1. The van der Waals surface area contributed by atoms with Gasteiger partial charge in [-0.05, 0) is 55.3 Å². The van der Waals surface area contributed by atoms with E-state index in [1.54, 1.807) is 50.2 Å². The zero-order chi connectivity index (χ0) is 18.5. The zero-order valence-electron chi connectivity index (χ0n) is 14.2. The van der Waals surface area contributed by atoms with Gasteiger partial charge in [0.1, 0.15) is 12.1 Å². The summed E-state index contributed by atoms with van der Waals surface area (Å²) < 4.78 is 5.20. The number of aryl methyl sites for hydroxylation is 2. The number of azo groups is 1. The Bertz CT molecular complexity index is 949. The fourth-order valence-electron chi connectivity index (χ4n) is 2.31. The van der Waals surface area contributed by atoms with Crippen molar-refractivity contribution in [2.45, 2.75) is 13.8 Å². The summed E-state index contributed by atoms with van der Waals surface area (Å²) in [6.45, 7) is 3.59. The van der Waals surface area contributed by atoms with Gasteiger partial charge in [-0.25, -0.2) is 14.8 Å². The maximum absolute atomic E-state index is 12.2. The molecule has 7 nitrogen and oxygen atoms in total. The van der Waals surface area contributed by atoms with Crippen LogP contribution in [0.3, 0.4) is 0 Å². The summed E-state index contributed by atoms with van der Waals surface area (Å²) >= 11 is 0. The highest BCUT2D eigenvalue weighted by Gasteiger charge is 2.09. The van der Waals surface area contributed by atoms with Gasteiger partial charge in [-0.1, -0.05) is 6.07 Å². The maximum atomic E-state index is 12.2. The molecule has 0 radical (unpaired) electrons. The van der Waals surface area contributed by atoms with E-state index in [1.165, 1.54) is 18.7 Å². The molecule has 1 heterocycles. The fraction of sp³-hybridized carbons (Fsp3) is 0.105. The molecule has 26 heavy (non-hydrogen) atoms. The summed E-state index contributed by atoms with van der Waals surface area (Å²) in [6.07, 6.45) is 4.17. The Morgan fingerprint density at radius 1 is 1.00 bits per heavy atom. The lowest BCUT2D eigenvalue weighted by Gasteiger charge is -2.04. The van der Waals surface area contributed by atoms with E-state index in [4.69, 9.17) is 4.74 Å². The number of carbonyl (C=O) groups is 1. The number of rotatable bonds is 4. The highest BCUT2D eigenvalue weighted by Crippen LogP contribution is 2.28. The third kappa shape index (κ3) is 4.07. The van der Waals surface area contributed by atoms with Gasteiger partial charge in [-0.15, -0.1) is 0 Å². The molecular formula is C19H16N4O3. The first-order valence-electron chi connectivity index (χ1n) is 7.82. The van der Waals surface area contributed by atoms with E-state index in [0.29, 0.717) is 16.9 Å². The summed E-state index contributed by atoms with van der Waals surface area (Å²) in [6, 6.07) is 10.1. The molecule has 0 atom stereocenters. The van der Waals surface area contributed by atoms with Crippen molar-refractivity contribution in [1.29, 1.82) is 0 Å². The quantitative estimate of drug-likeness (QED) is 0.555. The molecule has 0 amide bonds. The molecule has 0 aliphatic heterocycles. The Hall–Kier alpha value is -3.61. The highest BCUT2D eigenvalue weighted by atomic mass is 16.5. The van der Waals surface area contributed by atoms with Crippen molar-refractivity contribution in [2.75, 3.05) is 0 Å².